The molecule has 0 aromatic heterocycles. The topological polar surface area (TPSA) is 54.9 Å². The van der Waals surface area contributed by atoms with Gasteiger partial charge in [0.05, 0.1) is 0 Å². The van der Waals surface area contributed by atoms with Gasteiger partial charge in [0.2, 0.25) is 6.79 Å². The predicted octanol–water partition coefficient (Wildman–Crippen LogP) is 1.92. The van der Waals surface area contributed by atoms with Crippen molar-refractivity contribution in [1.82, 2.24) is 10.6 Å². The molecule has 20 heavy (non-hydrogen) atoms. The average molecular weight is 277 g/mol. The number of hydrogen-bond acceptors (Lipinski definition) is 3. The molecule has 5 nitrogen and oxygen atoms in total. The third-order valence-corrected chi connectivity index (χ3v) is 3.19. The van der Waals surface area contributed by atoms with E-state index < -0.39 is 0 Å². The molecule has 0 unspecified atom stereocenters. The Kier molecular flexibility index (Phi) is 5.53. The predicted molar refractivity (Wildman–Crippen MR) is 80.5 cm³/mol. The van der Waals surface area contributed by atoms with Crippen molar-refractivity contribution in [1.29, 1.82) is 0 Å². The van der Waals surface area contributed by atoms with Crippen LogP contribution in [-0.2, 0) is 6.42 Å². The Morgan fingerprint density at radius 2 is 2.00 bits per heavy atom. The van der Waals surface area contributed by atoms with Crippen LogP contribution in [0.3, 0.4) is 0 Å². The molecule has 1 aliphatic heterocycles. The average Bonchev–Trinajstić information content (AvgIpc) is 2.93. The second-order valence-electron chi connectivity index (χ2n) is 4.72. The highest BCUT2D eigenvalue weighted by Gasteiger charge is 2.12. The van der Waals surface area contributed by atoms with Gasteiger partial charge in [-0.05, 0) is 30.5 Å². The van der Waals surface area contributed by atoms with Gasteiger partial charge in [-0.25, -0.2) is 0 Å². The van der Waals surface area contributed by atoms with Gasteiger partial charge >= 0.3 is 0 Å². The van der Waals surface area contributed by atoms with Crippen molar-refractivity contribution in [2.75, 3.05) is 26.9 Å². The Hall–Kier alpha value is -1.91. The molecule has 2 N–H and O–H groups in total. The molecule has 0 fully saturated rings. The summed E-state index contributed by atoms with van der Waals surface area (Å²) in [7, 11) is 1.79. The summed E-state index contributed by atoms with van der Waals surface area (Å²) >= 11 is 0. The lowest BCUT2D eigenvalue weighted by Crippen LogP contribution is -2.38. The molecular formula is C15H23N3O2. The van der Waals surface area contributed by atoms with Crippen molar-refractivity contribution in [3.63, 3.8) is 0 Å². The normalized spacial score (nSPS) is 13.4. The Morgan fingerprint density at radius 1 is 1.20 bits per heavy atom. The maximum atomic E-state index is 5.37. The van der Waals surface area contributed by atoms with E-state index >= 15 is 0 Å². The number of guanidine groups is 1. The number of ether oxygens (including phenoxy) is 2. The molecule has 1 heterocycles. The van der Waals surface area contributed by atoms with Gasteiger partial charge in [-0.2, -0.15) is 0 Å². The van der Waals surface area contributed by atoms with E-state index in [1.165, 1.54) is 12.0 Å². The number of aliphatic imine (C=N–C) groups is 1. The van der Waals surface area contributed by atoms with Crippen LogP contribution in [0.15, 0.2) is 23.2 Å². The van der Waals surface area contributed by atoms with Crippen LogP contribution >= 0.6 is 0 Å². The minimum Gasteiger partial charge on any atom is -0.454 e. The smallest absolute Gasteiger partial charge is 0.231 e. The van der Waals surface area contributed by atoms with Crippen molar-refractivity contribution in [3.8, 4) is 11.5 Å². The maximum absolute atomic E-state index is 5.37. The molecule has 5 heteroatoms. The summed E-state index contributed by atoms with van der Waals surface area (Å²) in [4.78, 5) is 4.20. The van der Waals surface area contributed by atoms with Crippen molar-refractivity contribution >= 4 is 5.96 Å². The van der Waals surface area contributed by atoms with Gasteiger partial charge in [0.25, 0.3) is 0 Å². The molecule has 1 aliphatic rings. The van der Waals surface area contributed by atoms with E-state index in [1.807, 2.05) is 12.1 Å². The molecular weight excluding hydrogens is 254 g/mol. The first-order valence-corrected chi connectivity index (χ1v) is 7.16. The molecule has 0 radical (unpaired) electrons. The van der Waals surface area contributed by atoms with E-state index in [0.717, 1.165) is 43.4 Å². The van der Waals surface area contributed by atoms with Crippen LogP contribution < -0.4 is 20.1 Å². The zero-order valence-electron chi connectivity index (χ0n) is 12.2. The number of benzene rings is 1. The molecule has 0 saturated carbocycles. The monoisotopic (exact) mass is 277 g/mol. The van der Waals surface area contributed by atoms with Crippen molar-refractivity contribution in [2.24, 2.45) is 4.99 Å². The lowest BCUT2D eigenvalue weighted by Gasteiger charge is -2.11. The number of nitrogens with zero attached hydrogens (tertiary/aromatic N) is 1. The minimum atomic E-state index is 0.324. The lowest BCUT2D eigenvalue weighted by molar-refractivity contribution is 0.174. The molecule has 0 aliphatic carbocycles. The van der Waals surface area contributed by atoms with E-state index in [4.69, 9.17) is 9.47 Å². The summed E-state index contributed by atoms with van der Waals surface area (Å²) in [5.74, 6) is 2.53. The first-order chi connectivity index (χ1) is 9.83. The highest BCUT2D eigenvalue weighted by Crippen LogP contribution is 2.32. The van der Waals surface area contributed by atoms with E-state index in [-0.39, 0.29) is 0 Å². The molecule has 0 saturated heterocycles. The van der Waals surface area contributed by atoms with Crippen molar-refractivity contribution in [2.45, 2.75) is 26.2 Å². The van der Waals surface area contributed by atoms with Gasteiger partial charge in [-0.3, -0.25) is 4.99 Å². The standard InChI is InChI=1S/C15H23N3O2/c1-3-4-8-17-15(16-2)18-9-7-12-5-6-13-14(10-12)20-11-19-13/h5-6,10H,3-4,7-9,11H2,1-2H3,(H2,16,17,18). The van der Waals surface area contributed by atoms with Gasteiger partial charge in [0, 0.05) is 20.1 Å². The molecule has 0 atom stereocenters. The lowest BCUT2D eigenvalue weighted by atomic mass is 10.1. The summed E-state index contributed by atoms with van der Waals surface area (Å²) in [6, 6.07) is 6.08. The summed E-state index contributed by atoms with van der Waals surface area (Å²) in [6.45, 7) is 4.30. The van der Waals surface area contributed by atoms with E-state index in [9.17, 15) is 0 Å². The van der Waals surface area contributed by atoms with E-state index in [1.54, 1.807) is 7.05 Å². The van der Waals surface area contributed by atoms with Crippen LogP contribution in [0.5, 0.6) is 11.5 Å². The third-order valence-electron chi connectivity index (χ3n) is 3.19. The van der Waals surface area contributed by atoms with Crippen LogP contribution in [0.25, 0.3) is 0 Å². The third kappa shape index (κ3) is 4.05. The molecule has 0 spiro atoms. The largest absolute Gasteiger partial charge is 0.454 e. The van der Waals surface area contributed by atoms with Crippen LogP contribution in [-0.4, -0.2) is 32.9 Å². The van der Waals surface area contributed by atoms with Crippen LogP contribution in [0, 0.1) is 0 Å². The minimum absolute atomic E-state index is 0.324. The van der Waals surface area contributed by atoms with Crippen LogP contribution in [0.1, 0.15) is 25.3 Å². The number of hydrogen-bond donors (Lipinski definition) is 2. The fourth-order valence-electron chi connectivity index (χ4n) is 2.03. The highest BCUT2D eigenvalue weighted by atomic mass is 16.7. The zero-order chi connectivity index (χ0) is 14.2. The second kappa shape index (κ2) is 7.62. The summed E-state index contributed by atoms with van der Waals surface area (Å²) in [6.07, 6.45) is 3.26. The zero-order valence-corrected chi connectivity index (χ0v) is 12.2. The van der Waals surface area contributed by atoms with Gasteiger partial charge in [-0.15, -0.1) is 0 Å². The first-order valence-electron chi connectivity index (χ1n) is 7.16. The maximum Gasteiger partial charge on any atom is 0.231 e. The van der Waals surface area contributed by atoms with Crippen molar-refractivity contribution < 1.29 is 9.47 Å². The Labute approximate surface area is 120 Å². The Morgan fingerprint density at radius 3 is 2.80 bits per heavy atom. The van der Waals surface area contributed by atoms with Crippen LogP contribution in [0.4, 0.5) is 0 Å². The SMILES string of the molecule is CCCCNC(=NC)NCCc1ccc2c(c1)OCO2. The molecule has 1 aromatic rings. The summed E-state index contributed by atoms with van der Waals surface area (Å²) in [5.41, 5.74) is 1.23. The summed E-state index contributed by atoms with van der Waals surface area (Å²) in [5, 5.41) is 6.60. The number of nitrogens with one attached hydrogen (secondary N) is 2. The number of fused-ring (bicyclic) bond motifs is 1. The fourth-order valence-corrected chi connectivity index (χ4v) is 2.03. The summed E-state index contributed by atoms with van der Waals surface area (Å²) < 4.78 is 10.7. The van der Waals surface area contributed by atoms with E-state index in [2.05, 4.69) is 28.6 Å². The Bertz CT molecular complexity index is 460. The molecule has 2 rings (SSSR count). The highest BCUT2D eigenvalue weighted by molar-refractivity contribution is 5.79. The van der Waals surface area contributed by atoms with Crippen LogP contribution in [0.2, 0.25) is 0 Å². The quantitative estimate of drug-likeness (QED) is 0.474. The van der Waals surface area contributed by atoms with E-state index in [0.29, 0.717) is 6.79 Å². The van der Waals surface area contributed by atoms with Gasteiger partial charge in [0.1, 0.15) is 0 Å². The number of unbranched alkanes of at least 4 members (excludes halogenated alkanes) is 1. The number of rotatable bonds is 6. The fraction of sp³-hybridized carbons (Fsp3) is 0.533. The first kappa shape index (κ1) is 14.5. The Balaban J connectivity index is 1.74. The molecule has 0 amide bonds. The second-order valence-corrected chi connectivity index (χ2v) is 4.72. The van der Waals surface area contributed by atoms with Gasteiger partial charge in [0.15, 0.2) is 17.5 Å². The molecule has 1 aromatic carbocycles. The van der Waals surface area contributed by atoms with Gasteiger partial charge < -0.3 is 20.1 Å². The molecule has 0 bridgehead atoms. The van der Waals surface area contributed by atoms with Gasteiger partial charge in [-0.1, -0.05) is 19.4 Å². The molecule has 110 valence electrons. The van der Waals surface area contributed by atoms with Crippen molar-refractivity contribution in [3.05, 3.63) is 23.8 Å².